The summed E-state index contributed by atoms with van der Waals surface area (Å²) in [5.74, 6) is 1.09. The number of hydrogen-bond acceptors (Lipinski definition) is 5. The fourth-order valence-corrected chi connectivity index (χ4v) is 4.14. The monoisotopic (exact) mass is 376 g/mol. The van der Waals surface area contributed by atoms with Gasteiger partial charge in [0.2, 0.25) is 0 Å². The van der Waals surface area contributed by atoms with E-state index < -0.39 is 10.0 Å². The Hall–Kier alpha value is -2.41. The average Bonchev–Trinajstić information content (AvgIpc) is 2.68. The SMILES string of the molecule is COc1ccc(S(=O)(=O)Nc2cc(N3CCCCC3)ccc2OC)cc1. The van der Waals surface area contributed by atoms with Crippen LogP contribution >= 0.6 is 0 Å². The lowest BCUT2D eigenvalue weighted by Gasteiger charge is -2.29. The number of nitrogens with zero attached hydrogens (tertiary/aromatic N) is 1. The van der Waals surface area contributed by atoms with E-state index in [9.17, 15) is 8.42 Å². The quantitative estimate of drug-likeness (QED) is 0.836. The predicted octanol–water partition coefficient (Wildman–Crippen LogP) is 3.49. The van der Waals surface area contributed by atoms with Gasteiger partial charge in [0, 0.05) is 18.8 Å². The summed E-state index contributed by atoms with van der Waals surface area (Å²) < 4.78 is 38.5. The molecule has 140 valence electrons. The molecule has 2 aromatic rings. The summed E-state index contributed by atoms with van der Waals surface area (Å²) in [5, 5.41) is 0. The number of piperidine rings is 1. The third-order valence-corrected chi connectivity index (χ3v) is 5.90. The van der Waals surface area contributed by atoms with Crippen molar-refractivity contribution in [2.24, 2.45) is 0 Å². The molecule has 0 amide bonds. The molecule has 0 aromatic heterocycles. The second kappa shape index (κ2) is 7.86. The van der Waals surface area contributed by atoms with Gasteiger partial charge in [-0.2, -0.15) is 0 Å². The second-order valence-corrected chi connectivity index (χ2v) is 7.90. The molecule has 0 spiro atoms. The summed E-state index contributed by atoms with van der Waals surface area (Å²) in [6.45, 7) is 1.97. The molecule has 7 heteroatoms. The van der Waals surface area contributed by atoms with Crippen LogP contribution in [0.5, 0.6) is 11.5 Å². The van der Waals surface area contributed by atoms with Crippen molar-refractivity contribution in [1.82, 2.24) is 0 Å². The van der Waals surface area contributed by atoms with Crippen molar-refractivity contribution in [3.8, 4) is 11.5 Å². The van der Waals surface area contributed by atoms with Crippen molar-refractivity contribution in [1.29, 1.82) is 0 Å². The summed E-state index contributed by atoms with van der Waals surface area (Å²) in [4.78, 5) is 2.44. The molecule has 0 saturated carbocycles. The molecule has 0 aliphatic carbocycles. The van der Waals surface area contributed by atoms with Crippen molar-refractivity contribution in [2.45, 2.75) is 24.2 Å². The van der Waals surface area contributed by atoms with E-state index in [-0.39, 0.29) is 4.90 Å². The number of methoxy groups -OCH3 is 2. The summed E-state index contributed by atoms with van der Waals surface area (Å²) in [7, 11) is -0.653. The standard InChI is InChI=1S/C19H24N2O4S/c1-24-16-7-9-17(10-8-16)26(22,23)20-18-14-15(6-11-19(18)25-2)21-12-4-3-5-13-21/h6-11,14,20H,3-5,12-13H2,1-2H3. The van der Waals surface area contributed by atoms with E-state index in [1.807, 2.05) is 12.1 Å². The Morgan fingerprint density at radius 3 is 2.23 bits per heavy atom. The third-order valence-electron chi connectivity index (χ3n) is 4.52. The van der Waals surface area contributed by atoms with Gasteiger partial charge in [-0.1, -0.05) is 0 Å². The molecule has 1 aliphatic heterocycles. The largest absolute Gasteiger partial charge is 0.497 e. The predicted molar refractivity (Wildman–Crippen MR) is 103 cm³/mol. The van der Waals surface area contributed by atoms with E-state index in [2.05, 4.69) is 9.62 Å². The average molecular weight is 376 g/mol. The number of anilines is 2. The Morgan fingerprint density at radius 2 is 1.62 bits per heavy atom. The van der Waals surface area contributed by atoms with Gasteiger partial charge in [0.15, 0.2) is 0 Å². The minimum absolute atomic E-state index is 0.170. The number of hydrogen-bond donors (Lipinski definition) is 1. The minimum Gasteiger partial charge on any atom is -0.497 e. The Labute approximate surface area is 154 Å². The zero-order valence-electron chi connectivity index (χ0n) is 15.1. The molecule has 0 bridgehead atoms. The molecule has 0 unspecified atom stereocenters. The number of sulfonamides is 1. The van der Waals surface area contributed by atoms with Gasteiger partial charge in [0.1, 0.15) is 11.5 Å². The third kappa shape index (κ3) is 4.04. The van der Waals surface area contributed by atoms with Crippen LogP contribution in [0, 0.1) is 0 Å². The van der Waals surface area contributed by atoms with E-state index in [1.165, 1.54) is 25.7 Å². The molecule has 1 heterocycles. The number of ether oxygens (including phenoxy) is 2. The molecule has 0 atom stereocenters. The van der Waals surface area contributed by atoms with Crippen LogP contribution in [0.4, 0.5) is 11.4 Å². The molecular weight excluding hydrogens is 352 g/mol. The van der Waals surface area contributed by atoms with Crippen LogP contribution in [0.3, 0.4) is 0 Å². The molecule has 0 radical (unpaired) electrons. The first-order chi connectivity index (χ1) is 12.5. The molecule has 1 N–H and O–H groups in total. The fourth-order valence-electron chi connectivity index (χ4n) is 3.08. The van der Waals surface area contributed by atoms with Crippen LogP contribution in [-0.2, 0) is 10.0 Å². The van der Waals surface area contributed by atoms with E-state index in [0.29, 0.717) is 17.2 Å². The fraction of sp³-hybridized carbons (Fsp3) is 0.368. The highest BCUT2D eigenvalue weighted by molar-refractivity contribution is 7.92. The van der Waals surface area contributed by atoms with E-state index >= 15 is 0 Å². The van der Waals surface area contributed by atoms with Crippen LogP contribution in [0.15, 0.2) is 47.4 Å². The lowest BCUT2D eigenvalue weighted by Crippen LogP contribution is -2.29. The number of benzene rings is 2. The molecule has 6 nitrogen and oxygen atoms in total. The summed E-state index contributed by atoms with van der Waals surface area (Å²) in [6, 6.07) is 11.9. The highest BCUT2D eigenvalue weighted by atomic mass is 32.2. The van der Waals surface area contributed by atoms with Crippen molar-refractivity contribution < 1.29 is 17.9 Å². The molecule has 26 heavy (non-hydrogen) atoms. The van der Waals surface area contributed by atoms with E-state index in [1.54, 1.807) is 25.3 Å². The summed E-state index contributed by atoms with van der Waals surface area (Å²) >= 11 is 0. The number of rotatable bonds is 6. The maximum atomic E-state index is 12.7. The van der Waals surface area contributed by atoms with Crippen LogP contribution in [0.25, 0.3) is 0 Å². The molecule has 2 aromatic carbocycles. The van der Waals surface area contributed by atoms with Gasteiger partial charge in [0.05, 0.1) is 24.8 Å². The van der Waals surface area contributed by atoms with Crippen LogP contribution in [-0.4, -0.2) is 35.7 Å². The number of nitrogens with one attached hydrogen (secondary N) is 1. The molecule has 1 aliphatic rings. The van der Waals surface area contributed by atoms with Crippen LogP contribution < -0.4 is 19.1 Å². The smallest absolute Gasteiger partial charge is 0.262 e. The maximum Gasteiger partial charge on any atom is 0.262 e. The van der Waals surface area contributed by atoms with Gasteiger partial charge in [-0.3, -0.25) is 4.72 Å². The topological polar surface area (TPSA) is 67.9 Å². The molecule has 1 saturated heterocycles. The van der Waals surface area contributed by atoms with Crippen LogP contribution in [0.2, 0.25) is 0 Å². The van der Waals surface area contributed by atoms with Gasteiger partial charge in [0.25, 0.3) is 10.0 Å². The zero-order valence-corrected chi connectivity index (χ0v) is 15.9. The lowest BCUT2D eigenvalue weighted by molar-refractivity contribution is 0.414. The highest BCUT2D eigenvalue weighted by Crippen LogP contribution is 2.32. The van der Waals surface area contributed by atoms with Gasteiger partial charge < -0.3 is 14.4 Å². The molecular formula is C19H24N2O4S. The minimum atomic E-state index is -3.72. The van der Waals surface area contributed by atoms with E-state index in [4.69, 9.17) is 9.47 Å². The van der Waals surface area contributed by atoms with E-state index in [0.717, 1.165) is 31.6 Å². The summed E-state index contributed by atoms with van der Waals surface area (Å²) in [6.07, 6.45) is 3.54. The highest BCUT2D eigenvalue weighted by Gasteiger charge is 2.19. The van der Waals surface area contributed by atoms with Gasteiger partial charge >= 0.3 is 0 Å². The Morgan fingerprint density at radius 1 is 0.923 bits per heavy atom. The van der Waals surface area contributed by atoms with Gasteiger partial charge in [-0.05, 0) is 61.7 Å². The molecule has 1 fully saturated rings. The zero-order chi connectivity index (χ0) is 18.6. The van der Waals surface area contributed by atoms with Crippen LogP contribution in [0.1, 0.15) is 19.3 Å². The summed E-state index contributed by atoms with van der Waals surface area (Å²) in [5.41, 5.74) is 1.43. The van der Waals surface area contributed by atoms with Crippen molar-refractivity contribution >= 4 is 21.4 Å². The second-order valence-electron chi connectivity index (χ2n) is 6.21. The van der Waals surface area contributed by atoms with Crippen molar-refractivity contribution in [3.05, 3.63) is 42.5 Å². The molecule has 3 rings (SSSR count). The first-order valence-corrected chi connectivity index (χ1v) is 10.1. The normalized spacial score (nSPS) is 14.8. The first-order valence-electron chi connectivity index (χ1n) is 8.63. The maximum absolute atomic E-state index is 12.7. The van der Waals surface area contributed by atoms with Crippen molar-refractivity contribution in [3.63, 3.8) is 0 Å². The van der Waals surface area contributed by atoms with Crippen molar-refractivity contribution in [2.75, 3.05) is 36.9 Å². The van der Waals surface area contributed by atoms with Gasteiger partial charge in [-0.25, -0.2) is 8.42 Å². The first kappa shape index (κ1) is 18.4. The van der Waals surface area contributed by atoms with Gasteiger partial charge in [-0.15, -0.1) is 0 Å². The Kier molecular flexibility index (Phi) is 5.56. The Bertz CT molecular complexity index is 844. The lowest BCUT2D eigenvalue weighted by atomic mass is 10.1. The Balaban J connectivity index is 1.88.